The summed E-state index contributed by atoms with van der Waals surface area (Å²) in [5.41, 5.74) is 1.06. The largest absolute Gasteiger partial charge is 0.508 e. The van der Waals surface area contributed by atoms with Gasteiger partial charge in [-0.1, -0.05) is 31.9 Å². The fourth-order valence-electron chi connectivity index (χ4n) is 2.95. The third-order valence-corrected chi connectivity index (χ3v) is 5.10. The van der Waals surface area contributed by atoms with Crippen LogP contribution in [0.1, 0.15) is 24.4 Å². The molecule has 1 aromatic carbocycles. The van der Waals surface area contributed by atoms with E-state index in [1.165, 1.54) is 12.8 Å². The second-order valence-corrected chi connectivity index (χ2v) is 7.16. The zero-order valence-electron chi connectivity index (χ0n) is 10.7. The lowest BCUT2D eigenvalue weighted by Crippen LogP contribution is -2.45. The Hall–Kier alpha value is -0.100. The van der Waals surface area contributed by atoms with Crippen molar-refractivity contribution in [2.24, 2.45) is 5.92 Å². The van der Waals surface area contributed by atoms with Gasteiger partial charge in [-0.25, -0.2) is 0 Å². The SMILES string of the molecule is Oc1cc(Br)cc(Br)c1[C@H](C1CC1)N1CCNCC1. The lowest BCUT2D eigenvalue weighted by atomic mass is 9.99. The molecule has 1 aliphatic heterocycles. The monoisotopic (exact) mass is 388 g/mol. The molecule has 104 valence electrons. The summed E-state index contributed by atoms with van der Waals surface area (Å²) >= 11 is 7.06. The molecule has 19 heavy (non-hydrogen) atoms. The summed E-state index contributed by atoms with van der Waals surface area (Å²) in [6.07, 6.45) is 2.55. The van der Waals surface area contributed by atoms with Gasteiger partial charge in [-0.3, -0.25) is 4.90 Å². The van der Waals surface area contributed by atoms with Crippen molar-refractivity contribution in [2.75, 3.05) is 26.2 Å². The van der Waals surface area contributed by atoms with Crippen molar-refractivity contribution < 1.29 is 5.11 Å². The lowest BCUT2D eigenvalue weighted by Gasteiger charge is -2.36. The minimum atomic E-state index is 0.351. The van der Waals surface area contributed by atoms with E-state index in [0.717, 1.165) is 40.7 Å². The summed E-state index contributed by atoms with van der Waals surface area (Å²) in [7, 11) is 0. The Balaban J connectivity index is 1.95. The quantitative estimate of drug-likeness (QED) is 0.832. The third kappa shape index (κ3) is 2.99. The fraction of sp³-hybridized carbons (Fsp3) is 0.571. The molecule has 0 unspecified atom stereocenters. The number of halogens is 2. The van der Waals surface area contributed by atoms with E-state index in [1.54, 1.807) is 6.07 Å². The highest BCUT2D eigenvalue weighted by Crippen LogP contribution is 2.49. The van der Waals surface area contributed by atoms with Gasteiger partial charge in [0.2, 0.25) is 0 Å². The average molecular weight is 390 g/mol. The molecule has 1 saturated heterocycles. The zero-order chi connectivity index (χ0) is 13.4. The number of hydrogen-bond acceptors (Lipinski definition) is 3. The molecular formula is C14H18Br2N2O. The molecule has 3 nitrogen and oxygen atoms in total. The van der Waals surface area contributed by atoms with E-state index in [1.807, 2.05) is 6.07 Å². The van der Waals surface area contributed by atoms with Crippen molar-refractivity contribution in [3.8, 4) is 5.75 Å². The molecule has 2 aliphatic rings. The second kappa shape index (κ2) is 5.72. The summed E-state index contributed by atoms with van der Waals surface area (Å²) in [5, 5.41) is 13.7. The molecular weight excluding hydrogens is 372 g/mol. The Morgan fingerprint density at radius 1 is 1.21 bits per heavy atom. The zero-order valence-corrected chi connectivity index (χ0v) is 13.9. The number of piperazine rings is 1. The van der Waals surface area contributed by atoms with Gasteiger partial charge in [0.25, 0.3) is 0 Å². The van der Waals surface area contributed by atoms with Crippen LogP contribution in [-0.2, 0) is 0 Å². The molecule has 1 heterocycles. The Morgan fingerprint density at radius 2 is 1.89 bits per heavy atom. The van der Waals surface area contributed by atoms with Gasteiger partial charge in [0.1, 0.15) is 5.75 Å². The summed E-state index contributed by atoms with van der Waals surface area (Å²) in [6, 6.07) is 4.19. The van der Waals surface area contributed by atoms with Crippen LogP contribution >= 0.6 is 31.9 Å². The van der Waals surface area contributed by atoms with Gasteiger partial charge in [0.15, 0.2) is 0 Å². The van der Waals surface area contributed by atoms with Crippen LogP contribution in [0.25, 0.3) is 0 Å². The van der Waals surface area contributed by atoms with Gasteiger partial charge >= 0.3 is 0 Å². The standard InChI is InChI=1S/C14H18Br2N2O/c15-10-7-11(16)13(12(19)8-10)14(9-1-2-9)18-5-3-17-4-6-18/h7-9,14,17,19H,1-6H2/t14-/m0/s1. The van der Waals surface area contributed by atoms with Gasteiger partial charge in [-0.15, -0.1) is 0 Å². The molecule has 1 aromatic rings. The summed E-state index contributed by atoms with van der Waals surface area (Å²) in [6.45, 7) is 4.20. The van der Waals surface area contributed by atoms with E-state index < -0.39 is 0 Å². The molecule has 2 fully saturated rings. The van der Waals surface area contributed by atoms with E-state index >= 15 is 0 Å². The smallest absolute Gasteiger partial charge is 0.122 e. The van der Waals surface area contributed by atoms with Crippen molar-refractivity contribution in [1.82, 2.24) is 10.2 Å². The minimum Gasteiger partial charge on any atom is -0.508 e. The highest BCUT2D eigenvalue weighted by Gasteiger charge is 2.39. The van der Waals surface area contributed by atoms with Crippen LogP contribution in [0.4, 0.5) is 0 Å². The van der Waals surface area contributed by atoms with Crippen LogP contribution in [0.2, 0.25) is 0 Å². The molecule has 0 spiro atoms. The van der Waals surface area contributed by atoms with Crippen LogP contribution in [-0.4, -0.2) is 36.2 Å². The fourth-order valence-corrected chi connectivity index (χ4v) is 4.39. The lowest BCUT2D eigenvalue weighted by molar-refractivity contribution is 0.153. The first-order valence-electron chi connectivity index (χ1n) is 6.79. The molecule has 1 aliphatic carbocycles. The first-order chi connectivity index (χ1) is 9.16. The highest BCUT2D eigenvalue weighted by molar-refractivity contribution is 9.11. The van der Waals surface area contributed by atoms with Crippen molar-refractivity contribution in [1.29, 1.82) is 0 Å². The van der Waals surface area contributed by atoms with E-state index in [4.69, 9.17) is 0 Å². The molecule has 5 heteroatoms. The van der Waals surface area contributed by atoms with Gasteiger partial charge in [0.05, 0.1) is 0 Å². The molecule has 2 N–H and O–H groups in total. The number of aromatic hydroxyl groups is 1. The Labute approximate surface area is 130 Å². The number of hydrogen-bond donors (Lipinski definition) is 2. The molecule has 1 saturated carbocycles. The predicted octanol–water partition coefficient (Wildman–Crippen LogP) is 3.27. The summed E-state index contributed by atoms with van der Waals surface area (Å²) in [5.74, 6) is 1.10. The van der Waals surface area contributed by atoms with E-state index in [2.05, 4.69) is 42.1 Å². The molecule has 0 aromatic heterocycles. The van der Waals surface area contributed by atoms with Gasteiger partial charge in [0, 0.05) is 46.7 Å². The second-order valence-electron chi connectivity index (χ2n) is 5.39. The van der Waals surface area contributed by atoms with Gasteiger partial charge < -0.3 is 10.4 Å². The van der Waals surface area contributed by atoms with Crippen molar-refractivity contribution in [3.05, 3.63) is 26.6 Å². The Kier molecular flexibility index (Phi) is 4.17. The maximum atomic E-state index is 10.3. The van der Waals surface area contributed by atoms with Gasteiger partial charge in [-0.2, -0.15) is 0 Å². The van der Waals surface area contributed by atoms with E-state index in [-0.39, 0.29) is 0 Å². The summed E-state index contributed by atoms with van der Waals surface area (Å²) < 4.78 is 1.92. The number of phenols is 1. The number of nitrogens with one attached hydrogen (secondary N) is 1. The van der Waals surface area contributed by atoms with Crippen molar-refractivity contribution in [3.63, 3.8) is 0 Å². The molecule has 0 bridgehead atoms. The van der Waals surface area contributed by atoms with E-state index in [0.29, 0.717) is 17.7 Å². The van der Waals surface area contributed by atoms with Crippen LogP contribution in [0.15, 0.2) is 21.1 Å². The molecule has 0 radical (unpaired) electrons. The number of nitrogens with zero attached hydrogens (tertiary/aromatic N) is 1. The third-order valence-electron chi connectivity index (χ3n) is 3.98. The maximum Gasteiger partial charge on any atom is 0.122 e. The topological polar surface area (TPSA) is 35.5 Å². The molecule has 3 rings (SSSR count). The Bertz CT molecular complexity index is 448. The predicted molar refractivity (Wildman–Crippen MR) is 83.4 cm³/mol. The van der Waals surface area contributed by atoms with Crippen molar-refractivity contribution >= 4 is 31.9 Å². The molecule has 1 atom stereocenters. The van der Waals surface area contributed by atoms with Crippen LogP contribution in [0.3, 0.4) is 0 Å². The highest BCUT2D eigenvalue weighted by atomic mass is 79.9. The van der Waals surface area contributed by atoms with Gasteiger partial charge in [-0.05, 0) is 30.9 Å². The molecule has 0 amide bonds. The van der Waals surface area contributed by atoms with Crippen LogP contribution in [0, 0.1) is 5.92 Å². The van der Waals surface area contributed by atoms with Crippen molar-refractivity contribution in [2.45, 2.75) is 18.9 Å². The van der Waals surface area contributed by atoms with Crippen LogP contribution in [0.5, 0.6) is 5.75 Å². The van der Waals surface area contributed by atoms with Crippen LogP contribution < -0.4 is 5.32 Å². The number of phenolic OH excluding ortho intramolecular Hbond substituents is 1. The normalized spacial score (nSPS) is 22.4. The number of rotatable bonds is 3. The minimum absolute atomic E-state index is 0.351. The first-order valence-corrected chi connectivity index (χ1v) is 8.38. The first kappa shape index (κ1) is 13.9. The average Bonchev–Trinajstić information content (AvgIpc) is 3.18. The maximum absolute atomic E-state index is 10.3. The summed E-state index contributed by atoms with van der Waals surface area (Å²) in [4.78, 5) is 2.52. The number of benzene rings is 1. The van der Waals surface area contributed by atoms with E-state index in [9.17, 15) is 5.11 Å². The Morgan fingerprint density at radius 3 is 2.47 bits per heavy atom.